The van der Waals surface area contributed by atoms with Crippen LogP contribution in [0, 0.1) is 11.7 Å². The highest BCUT2D eigenvalue weighted by atomic mass is 32.2. The molecule has 1 amide bonds. The Labute approximate surface area is 170 Å². The number of nitrogens with zero attached hydrogens (tertiary/aromatic N) is 1. The molecule has 0 spiro atoms. The molecule has 2 aromatic carbocycles. The van der Waals surface area contributed by atoms with E-state index in [0.29, 0.717) is 30.9 Å². The fraction of sp³-hybridized carbons (Fsp3) is 0.381. The molecule has 0 unspecified atom stereocenters. The molecule has 8 heteroatoms. The topological polar surface area (TPSA) is 75.7 Å². The van der Waals surface area contributed by atoms with Crippen LogP contribution < -0.4 is 10.1 Å². The van der Waals surface area contributed by atoms with Crippen molar-refractivity contribution >= 4 is 15.9 Å². The van der Waals surface area contributed by atoms with Gasteiger partial charge in [-0.1, -0.05) is 18.2 Å². The molecule has 3 rings (SSSR count). The first-order valence-corrected chi connectivity index (χ1v) is 11.4. The molecular formula is C21H25FN2O4S. The largest absolute Gasteiger partial charge is 0.489 e. The number of carbonyl (C=O) groups excluding carboxylic acids is 1. The first kappa shape index (κ1) is 21.3. The van der Waals surface area contributed by atoms with Crippen molar-refractivity contribution in [3.63, 3.8) is 0 Å². The van der Waals surface area contributed by atoms with Crippen LogP contribution in [0.1, 0.15) is 28.8 Å². The molecule has 156 valence electrons. The number of hydrogen-bond donors (Lipinski definition) is 1. The first-order valence-electron chi connectivity index (χ1n) is 9.52. The van der Waals surface area contributed by atoms with Gasteiger partial charge in [0.2, 0.25) is 10.0 Å². The molecule has 0 radical (unpaired) electrons. The highest BCUT2D eigenvalue weighted by Gasteiger charge is 2.25. The molecule has 1 fully saturated rings. The lowest BCUT2D eigenvalue weighted by Gasteiger charge is -2.30. The summed E-state index contributed by atoms with van der Waals surface area (Å²) in [6.45, 7) is 1.78. The highest BCUT2D eigenvalue weighted by Crippen LogP contribution is 2.19. The second-order valence-electron chi connectivity index (χ2n) is 7.26. The summed E-state index contributed by atoms with van der Waals surface area (Å²) in [6, 6.07) is 13.0. The van der Waals surface area contributed by atoms with Crippen LogP contribution in [0.15, 0.2) is 48.5 Å². The zero-order chi connectivity index (χ0) is 20.9. The normalized spacial score (nSPS) is 15.8. The van der Waals surface area contributed by atoms with Crippen molar-refractivity contribution in [3.8, 4) is 5.75 Å². The van der Waals surface area contributed by atoms with Gasteiger partial charge in [-0.3, -0.25) is 4.79 Å². The molecule has 1 N–H and O–H groups in total. The predicted molar refractivity (Wildman–Crippen MR) is 109 cm³/mol. The van der Waals surface area contributed by atoms with E-state index < -0.39 is 10.0 Å². The Hall–Kier alpha value is -2.45. The van der Waals surface area contributed by atoms with Crippen molar-refractivity contribution in [1.29, 1.82) is 0 Å². The van der Waals surface area contributed by atoms with Gasteiger partial charge in [0.15, 0.2) is 0 Å². The quantitative estimate of drug-likeness (QED) is 0.747. The van der Waals surface area contributed by atoms with Crippen molar-refractivity contribution in [2.75, 3.05) is 25.9 Å². The zero-order valence-electron chi connectivity index (χ0n) is 16.3. The van der Waals surface area contributed by atoms with Crippen molar-refractivity contribution in [3.05, 3.63) is 65.5 Å². The van der Waals surface area contributed by atoms with E-state index in [2.05, 4.69) is 5.32 Å². The monoisotopic (exact) mass is 420 g/mol. The molecule has 0 bridgehead atoms. The van der Waals surface area contributed by atoms with Crippen LogP contribution in [-0.2, 0) is 16.6 Å². The molecule has 0 aliphatic carbocycles. The molecule has 29 heavy (non-hydrogen) atoms. The van der Waals surface area contributed by atoms with Gasteiger partial charge in [-0.25, -0.2) is 17.1 Å². The minimum Gasteiger partial charge on any atom is -0.489 e. The maximum Gasteiger partial charge on any atom is 0.251 e. The van der Waals surface area contributed by atoms with Crippen LogP contribution in [0.3, 0.4) is 0 Å². The molecule has 1 aliphatic rings. The van der Waals surface area contributed by atoms with Gasteiger partial charge in [-0.05, 0) is 54.7 Å². The van der Waals surface area contributed by atoms with E-state index in [1.54, 1.807) is 36.4 Å². The fourth-order valence-electron chi connectivity index (χ4n) is 3.26. The molecule has 2 aromatic rings. The Kier molecular flexibility index (Phi) is 6.87. The van der Waals surface area contributed by atoms with Gasteiger partial charge in [0.05, 0.1) is 6.26 Å². The standard InChI is InChI=1S/C21H25FN2O4S/c1-29(26,27)24-11-9-16(10-12-24)14-23-21(25)18-3-2-4-20(13-18)28-15-17-5-7-19(22)8-6-17/h2-8,13,16H,9-12,14-15H2,1H3,(H,23,25). The third kappa shape index (κ3) is 6.27. The van der Waals surface area contributed by atoms with E-state index >= 15 is 0 Å². The summed E-state index contributed by atoms with van der Waals surface area (Å²) in [5, 5.41) is 2.93. The van der Waals surface area contributed by atoms with E-state index in [9.17, 15) is 17.6 Å². The smallest absolute Gasteiger partial charge is 0.251 e. The van der Waals surface area contributed by atoms with Gasteiger partial charge >= 0.3 is 0 Å². The second kappa shape index (κ2) is 9.37. The minimum absolute atomic E-state index is 0.192. The predicted octanol–water partition coefficient (Wildman–Crippen LogP) is 2.81. The van der Waals surface area contributed by atoms with E-state index in [1.807, 2.05) is 0 Å². The number of amides is 1. The van der Waals surface area contributed by atoms with Crippen LogP contribution in [0.4, 0.5) is 4.39 Å². The molecule has 1 saturated heterocycles. The molecule has 0 aromatic heterocycles. The SMILES string of the molecule is CS(=O)(=O)N1CCC(CNC(=O)c2cccc(OCc3ccc(F)cc3)c2)CC1. The van der Waals surface area contributed by atoms with Gasteiger partial charge in [0.25, 0.3) is 5.91 Å². The third-order valence-corrected chi connectivity index (χ3v) is 6.31. The zero-order valence-corrected chi connectivity index (χ0v) is 17.1. The highest BCUT2D eigenvalue weighted by molar-refractivity contribution is 7.88. The average molecular weight is 421 g/mol. The summed E-state index contributed by atoms with van der Waals surface area (Å²) in [6.07, 6.45) is 2.68. The van der Waals surface area contributed by atoms with E-state index in [0.717, 1.165) is 18.4 Å². The van der Waals surface area contributed by atoms with Gasteiger partial charge in [-0.15, -0.1) is 0 Å². The Morgan fingerprint density at radius 3 is 2.52 bits per heavy atom. The lowest BCUT2D eigenvalue weighted by molar-refractivity contribution is 0.0941. The maximum atomic E-state index is 13.0. The van der Waals surface area contributed by atoms with Gasteiger partial charge in [0, 0.05) is 25.2 Å². The average Bonchev–Trinajstić information content (AvgIpc) is 2.71. The number of nitrogens with one attached hydrogen (secondary N) is 1. The van der Waals surface area contributed by atoms with Crippen LogP contribution in [0.2, 0.25) is 0 Å². The Morgan fingerprint density at radius 2 is 1.86 bits per heavy atom. The number of benzene rings is 2. The number of sulfonamides is 1. The number of piperidine rings is 1. The summed E-state index contributed by atoms with van der Waals surface area (Å²) in [4.78, 5) is 12.5. The summed E-state index contributed by atoms with van der Waals surface area (Å²) in [5.74, 6) is 0.329. The van der Waals surface area contributed by atoms with Crippen LogP contribution in [0.5, 0.6) is 5.75 Å². The Balaban J connectivity index is 1.48. The van der Waals surface area contributed by atoms with Crippen molar-refractivity contribution in [2.45, 2.75) is 19.4 Å². The van der Waals surface area contributed by atoms with Crippen LogP contribution >= 0.6 is 0 Å². The van der Waals surface area contributed by atoms with E-state index in [4.69, 9.17) is 4.74 Å². The first-order chi connectivity index (χ1) is 13.8. The second-order valence-corrected chi connectivity index (χ2v) is 9.24. The van der Waals surface area contributed by atoms with Crippen LogP contribution in [0.25, 0.3) is 0 Å². The van der Waals surface area contributed by atoms with E-state index in [1.165, 1.54) is 22.7 Å². The summed E-state index contributed by atoms with van der Waals surface area (Å²) >= 11 is 0. The fourth-order valence-corrected chi connectivity index (χ4v) is 4.13. The maximum absolute atomic E-state index is 13.0. The van der Waals surface area contributed by atoms with Crippen LogP contribution in [-0.4, -0.2) is 44.5 Å². The summed E-state index contributed by atoms with van der Waals surface area (Å²) in [7, 11) is -3.14. The van der Waals surface area contributed by atoms with Gasteiger partial charge in [-0.2, -0.15) is 0 Å². The lowest BCUT2D eigenvalue weighted by Crippen LogP contribution is -2.41. The number of hydrogen-bond acceptors (Lipinski definition) is 4. The third-order valence-electron chi connectivity index (χ3n) is 5.01. The van der Waals surface area contributed by atoms with E-state index in [-0.39, 0.29) is 24.2 Å². The molecule has 0 saturated carbocycles. The number of rotatable bonds is 7. The lowest BCUT2D eigenvalue weighted by atomic mass is 9.98. The molecule has 1 heterocycles. The molecule has 6 nitrogen and oxygen atoms in total. The van der Waals surface area contributed by atoms with Crippen molar-refractivity contribution < 1.29 is 22.3 Å². The summed E-state index contributed by atoms with van der Waals surface area (Å²) in [5.41, 5.74) is 1.33. The van der Waals surface area contributed by atoms with Crippen molar-refractivity contribution in [2.24, 2.45) is 5.92 Å². The minimum atomic E-state index is -3.14. The van der Waals surface area contributed by atoms with Gasteiger partial charge in [0.1, 0.15) is 18.2 Å². The number of ether oxygens (including phenoxy) is 1. The Bertz CT molecular complexity index is 939. The Morgan fingerprint density at radius 1 is 1.17 bits per heavy atom. The molecule has 0 atom stereocenters. The molecular weight excluding hydrogens is 395 g/mol. The number of halogens is 1. The number of carbonyl (C=O) groups is 1. The van der Waals surface area contributed by atoms with Crippen molar-refractivity contribution in [1.82, 2.24) is 9.62 Å². The summed E-state index contributed by atoms with van der Waals surface area (Å²) < 4.78 is 43.3. The van der Waals surface area contributed by atoms with Gasteiger partial charge < -0.3 is 10.1 Å². The molecule has 1 aliphatic heterocycles.